The third-order valence-electron chi connectivity index (χ3n) is 5.06. The highest BCUT2D eigenvalue weighted by Crippen LogP contribution is 2.41. The smallest absolute Gasteiger partial charge is 0.339 e. The van der Waals surface area contributed by atoms with E-state index in [1.165, 1.54) is 32.0 Å². The number of nitriles is 4. The topological polar surface area (TPSA) is 203 Å². The molecule has 1 aliphatic heterocycles. The van der Waals surface area contributed by atoms with Crippen LogP contribution in [0.3, 0.4) is 0 Å². The Balaban J connectivity index is 2.76. The minimum Gasteiger partial charge on any atom is -0.427 e. The van der Waals surface area contributed by atoms with Crippen molar-refractivity contribution in [3.8, 4) is 24.3 Å². The van der Waals surface area contributed by atoms with E-state index in [2.05, 4.69) is 5.32 Å². The standard InChI is InChI=1S/C23H18N6O6/c1-13-17(20(30)34-22(3,9-24)10-25)19(15-6-5-7-16(8-15)29(32)33)18(14(2)28-13)21(31)35-23(4,11-26)12-27/h5-8,19,28H,1-4H3. The zero-order chi connectivity index (χ0) is 26.6. The van der Waals surface area contributed by atoms with E-state index in [-0.39, 0.29) is 33.8 Å². The number of esters is 2. The normalized spacial score (nSPS) is 13.9. The van der Waals surface area contributed by atoms with E-state index >= 15 is 0 Å². The van der Waals surface area contributed by atoms with Crippen molar-refractivity contribution >= 4 is 17.6 Å². The molecule has 0 aromatic heterocycles. The van der Waals surface area contributed by atoms with Gasteiger partial charge in [0.1, 0.15) is 24.3 Å². The summed E-state index contributed by atoms with van der Waals surface area (Å²) in [6.45, 7) is 5.08. The lowest BCUT2D eigenvalue weighted by atomic mass is 9.80. The highest BCUT2D eigenvalue weighted by Gasteiger charge is 2.42. The molecule has 0 fully saturated rings. The summed E-state index contributed by atoms with van der Waals surface area (Å²) in [5.74, 6) is -3.60. The molecule has 0 aliphatic carbocycles. The summed E-state index contributed by atoms with van der Waals surface area (Å²) in [6.07, 6.45) is 0. The molecule has 1 aromatic rings. The Bertz CT molecular complexity index is 1250. The van der Waals surface area contributed by atoms with Gasteiger partial charge in [-0.2, -0.15) is 21.0 Å². The van der Waals surface area contributed by atoms with Gasteiger partial charge in [-0.05, 0) is 19.4 Å². The first-order valence-electron chi connectivity index (χ1n) is 9.90. The molecule has 0 atom stereocenters. The molecule has 1 aliphatic rings. The summed E-state index contributed by atoms with van der Waals surface area (Å²) >= 11 is 0. The van der Waals surface area contributed by atoms with Gasteiger partial charge >= 0.3 is 11.9 Å². The molecule has 2 rings (SSSR count). The molecule has 0 radical (unpaired) electrons. The second kappa shape index (κ2) is 9.74. The van der Waals surface area contributed by atoms with Crippen molar-refractivity contribution in [3.05, 3.63) is 62.5 Å². The van der Waals surface area contributed by atoms with Crippen molar-refractivity contribution in [2.24, 2.45) is 0 Å². The number of nitrogens with zero attached hydrogens (tertiary/aromatic N) is 5. The average Bonchev–Trinajstić information content (AvgIpc) is 2.83. The van der Waals surface area contributed by atoms with Gasteiger partial charge in [0.15, 0.2) is 0 Å². The van der Waals surface area contributed by atoms with E-state index in [0.717, 1.165) is 19.9 Å². The van der Waals surface area contributed by atoms with E-state index in [0.29, 0.717) is 0 Å². The minimum atomic E-state index is -2.16. The average molecular weight is 474 g/mol. The Labute approximate surface area is 200 Å². The number of nitrogens with one attached hydrogen (secondary N) is 1. The molecule has 0 unspecified atom stereocenters. The van der Waals surface area contributed by atoms with E-state index in [9.17, 15) is 40.8 Å². The Morgan fingerprint density at radius 3 is 1.74 bits per heavy atom. The van der Waals surface area contributed by atoms with Gasteiger partial charge in [-0.25, -0.2) is 9.59 Å². The number of non-ortho nitro benzene ring substituents is 1. The van der Waals surface area contributed by atoms with Gasteiger partial charge < -0.3 is 14.8 Å². The molecule has 0 spiro atoms. The quantitative estimate of drug-likeness (QED) is 0.360. The molecule has 12 nitrogen and oxygen atoms in total. The van der Waals surface area contributed by atoms with Crippen LogP contribution in [0.25, 0.3) is 0 Å². The fourth-order valence-corrected chi connectivity index (χ4v) is 3.31. The van der Waals surface area contributed by atoms with Gasteiger partial charge in [0.05, 0.1) is 22.0 Å². The van der Waals surface area contributed by atoms with E-state index in [4.69, 9.17) is 9.47 Å². The fourth-order valence-electron chi connectivity index (χ4n) is 3.31. The molecule has 12 heteroatoms. The number of hydrogen-bond acceptors (Lipinski definition) is 11. The van der Waals surface area contributed by atoms with E-state index in [1.54, 1.807) is 24.3 Å². The van der Waals surface area contributed by atoms with Gasteiger partial charge in [0.25, 0.3) is 16.9 Å². The Morgan fingerprint density at radius 1 is 0.943 bits per heavy atom. The molecule has 176 valence electrons. The lowest BCUT2D eigenvalue weighted by molar-refractivity contribution is -0.384. The molecule has 35 heavy (non-hydrogen) atoms. The molecular weight excluding hydrogens is 456 g/mol. The highest BCUT2D eigenvalue weighted by molar-refractivity contribution is 6.00. The van der Waals surface area contributed by atoms with Crippen LogP contribution in [0.1, 0.15) is 39.2 Å². The summed E-state index contributed by atoms with van der Waals surface area (Å²) in [5, 5.41) is 51.1. The third-order valence-corrected chi connectivity index (χ3v) is 5.06. The Kier molecular flexibility index (Phi) is 7.25. The molecule has 1 heterocycles. The molecule has 0 amide bonds. The number of dihydropyridines is 1. The first-order chi connectivity index (χ1) is 16.3. The number of allylic oxidation sites excluding steroid dienone is 2. The maximum Gasteiger partial charge on any atom is 0.339 e. The van der Waals surface area contributed by atoms with Crippen molar-refractivity contribution in [2.45, 2.75) is 44.8 Å². The predicted octanol–water partition coefficient (Wildman–Crippen LogP) is 2.53. The number of nitro benzene ring substituents is 1. The Morgan fingerprint density at radius 2 is 1.37 bits per heavy atom. The van der Waals surface area contributed by atoms with Gasteiger partial charge in [-0.1, -0.05) is 12.1 Å². The molecule has 0 saturated heterocycles. The predicted molar refractivity (Wildman–Crippen MR) is 116 cm³/mol. The molecule has 0 saturated carbocycles. The van der Waals surface area contributed by atoms with Crippen molar-refractivity contribution in [2.75, 3.05) is 0 Å². The van der Waals surface area contributed by atoms with Crippen LogP contribution < -0.4 is 5.32 Å². The second-order valence-electron chi connectivity index (χ2n) is 7.78. The zero-order valence-corrected chi connectivity index (χ0v) is 19.1. The van der Waals surface area contributed by atoms with Crippen molar-refractivity contribution in [3.63, 3.8) is 0 Å². The lowest BCUT2D eigenvalue weighted by Crippen LogP contribution is -2.37. The molecule has 1 aromatic carbocycles. The summed E-state index contributed by atoms with van der Waals surface area (Å²) in [5.41, 5.74) is -4.63. The number of hydrogen-bond donors (Lipinski definition) is 1. The number of benzene rings is 1. The van der Waals surface area contributed by atoms with Crippen molar-refractivity contribution in [1.29, 1.82) is 21.0 Å². The van der Waals surface area contributed by atoms with Gasteiger partial charge in [-0.3, -0.25) is 10.1 Å². The largest absolute Gasteiger partial charge is 0.427 e. The van der Waals surface area contributed by atoms with Crippen LogP contribution >= 0.6 is 0 Å². The molecular formula is C23H18N6O6. The Hall–Kier alpha value is -5.20. The number of ether oxygens (including phenoxy) is 2. The van der Waals surface area contributed by atoms with E-state index in [1.807, 2.05) is 0 Å². The van der Waals surface area contributed by atoms with Crippen LogP contribution in [-0.2, 0) is 19.1 Å². The van der Waals surface area contributed by atoms with Crippen LogP contribution in [0.15, 0.2) is 46.8 Å². The third kappa shape index (κ3) is 5.24. The summed E-state index contributed by atoms with van der Waals surface area (Å²) < 4.78 is 10.2. The SMILES string of the molecule is CC1=C(C(=O)OC(C)(C#N)C#N)C(c2cccc([N+](=O)[O-])c2)C(C(=O)OC(C)(C#N)C#N)=C(C)N1. The van der Waals surface area contributed by atoms with Crippen LogP contribution in [0, 0.1) is 55.4 Å². The summed E-state index contributed by atoms with van der Waals surface area (Å²) in [7, 11) is 0. The van der Waals surface area contributed by atoms with Crippen LogP contribution in [0.2, 0.25) is 0 Å². The van der Waals surface area contributed by atoms with Crippen LogP contribution in [-0.4, -0.2) is 28.1 Å². The molecule has 1 N–H and O–H groups in total. The number of rotatable bonds is 6. The summed E-state index contributed by atoms with van der Waals surface area (Å²) in [6, 6.07) is 11.4. The van der Waals surface area contributed by atoms with Crippen molar-refractivity contribution < 1.29 is 24.0 Å². The highest BCUT2D eigenvalue weighted by atomic mass is 16.6. The fraction of sp³-hybridized carbons (Fsp3) is 0.304. The van der Waals surface area contributed by atoms with Gasteiger partial charge in [-0.15, -0.1) is 0 Å². The monoisotopic (exact) mass is 474 g/mol. The van der Waals surface area contributed by atoms with Crippen LogP contribution in [0.4, 0.5) is 5.69 Å². The maximum atomic E-state index is 13.2. The van der Waals surface area contributed by atoms with E-state index < -0.39 is 34.0 Å². The lowest BCUT2D eigenvalue weighted by Gasteiger charge is -2.31. The first kappa shape index (κ1) is 26.1. The molecule has 0 bridgehead atoms. The van der Waals surface area contributed by atoms with Crippen LogP contribution in [0.5, 0.6) is 0 Å². The maximum absolute atomic E-state index is 13.2. The number of carbonyl (C=O) groups excluding carboxylic acids is 2. The van der Waals surface area contributed by atoms with Gasteiger partial charge in [0.2, 0.25) is 0 Å². The zero-order valence-electron chi connectivity index (χ0n) is 19.1. The second-order valence-corrected chi connectivity index (χ2v) is 7.78. The number of carbonyl (C=O) groups is 2. The van der Waals surface area contributed by atoms with Gasteiger partial charge in [0, 0.05) is 37.4 Å². The summed E-state index contributed by atoms with van der Waals surface area (Å²) in [4.78, 5) is 37.1. The first-order valence-corrected chi connectivity index (χ1v) is 9.90. The van der Waals surface area contributed by atoms with Crippen molar-refractivity contribution in [1.82, 2.24) is 5.32 Å². The number of nitro groups is 1. The minimum absolute atomic E-state index is 0.115.